The van der Waals surface area contributed by atoms with Crippen LogP contribution >= 0.6 is 15.6 Å². The van der Waals surface area contributed by atoms with Crippen LogP contribution in [0.15, 0.2) is 0 Å². The predicted molar refractivity (Wildman–Crippen MR) is 423 cm³/mol. The molecular formula is C84H164O17P2. The van der Waals surface area contributed by atoms with Crippen LogP contribution in [0.5, 0.6) is 0 Å². The van der Waals surface area contributed by atoms with Crippen LogP contribution in [0.1, 0.15) is 440 Å². The Kier molecular flexibility index (Phi) is 72.8. The minimum absolute atomic E-state index is 0.106. The number of unbranched alkanes of at least 4 members (excludes halogenated alkanes) is 49. The fraction of sp³-hybridized carbons (Fsp3) is 0.952. The normalized spacial score (nSPS) is 14.2. The van der Waals surface area contributed by atoms with E-state index in [-0.39, 0.29) is 25.7 Å². The zero-order valence-corrected chi connectivity index (χ0v) is 69.6. The van der Waals surface area contributed by atoms with Crippen molar-refractivity contribution in [2.24, 2.45) is 17.8 Å². The molecule has 0 aliphatic rings. The molecule has 0 spiro atoms. The van der Waals surface area contributed by atoms with Gasteiger partial charge in [0.2, 0.25) is 0 Å². The van der Waals surface area contributed by atoms with E-state index in [1.54, 1.807) is 0 Å². The first-order valence-electron chi connectivity index (χ1n) is 43.4. The van der Waals surface area contributed by atoms with E-state index in [0.29, 0.717) is 31.6 Å². The standard InChI is InChI=1S/C84H164O17P2/c1-8-10-11-12-13-14-15-16-17-18-19-20-21-26-29-32-38-45-53-60-67-83(88)100-79(71-94-81(86)65-58-51-44-37-31-28-25-23-22-24-27-30-35-41-48-55-62-75(3)4)73-98-102(90,91)96-69-78(85)70-97-103(92,93)99-74-80(72-95-82(87)66-59-52-47-40-42-49-56-63-76(5)6)101-84(89)68-61-54-46-39-34-33-36-43-50-57-64-77(7)9-2/h75-80,85H,8-74H2,1-7H3,(H,90,91)(H,92,93)/t77?,78-,79-,80-/m1/s1. The highest BCUT2D eigenvalue weighted by Crippen LogP contribution is 2.45. The zero-order valence-electron chi connectivity index (χ0n) is 67.8. The van der Waals surface area contributed by atoms with E-state index in [1.165, 1.54) is 244 Å². The molecule has 0 bridgehead atoms. The summed E-state index contributed by atoms with van der Waals surface area (Å²) in [6.07, 6.45) is 64.0. The smallest absolute Gasteiger partial charge is 0.462 e. The van der Waals surface area contributed by atoms with E-state index in [4.69, 9.17) is 37.0 Å². The Morgan fingerprint density at radius 2 is 0.495 bits per heavy atom. The van der Waals surface area contributed by atoms with Crippen molar-refractivity contribution in [3.8, 4) is 0 Å². The quantitative estimate of drug-likeness (QED) is 0.0222. The molecule has 0 aromatic heterocycles. The van der Waals surface area contributed by atoms with Gasteiger partial charge < -0.3 is 33.8 Å². The maximum absolute atomic E-state index is 13.1. The first-order valence-corrected chi connectivity index (χ1v) is 46.4. The number of carbonyl (C=O) groups is 4. The van der Waals surface area contributed by atoms with Crippen molar-refractivity contribution in [3.63, 3.8) is 0 Å². The van der Waals surface area contributed by atoms with Gasteiger partial charge in [0.25, 0.3) is 0 Å². The lowest BCUT2D eigenvalue weighted by Crippen LogP contribution is -2.30. The van der Waals surface area contributed by atoms with E-state index in [1.807, 2.05) is 0 Å². The molecule has 3 unspecified atom stereocenters. The van der Waals surface area contributed by atoms with Crippen LogP contribution in [0, 0.1) is 17.8 Å². The molecule has 0 rings (SSSR count). The van der Waals surface area contributed by atoms with Crippen LogP contribution in [0.4, 0.5) is 0 Å². The minimum atomic E-state index is -4.96. The molecule has 0 amide bonds. The molecule has 17 nitrogen and oxygen atoms in total. The number of phosphoric acid groups is 2. The summed E-state index contributed by atoms with van der Waals surface area (Å²) < 4.78 is 68.8. The highest BCUT2D eigenvalue weighted by atomic mass is 31.2. The molecule has 0 aromatic rings. The molecule has 3 N–H and O–H groups in total. The second-order valence-corrected chi connectivity index (χ2v) is 34.3. The molecule has 612 valence electrons. The van der Waals surface area contributed by atoms with Crippen molar-refractivity contribution >= 4 is 39.5 Å². The Morgan fingerprint density at radius 1 is 0.282 bits per heavy atom. The summed E-state index contributed by atoms with van der Waals surface area (Å²) in [5, 5.41) is 10.7. The second kappa shape index (κ2) is 74.2. The molecule has 0 fully saturated rings. The molecule has 0 aromatic carbocycles. The summed E-state index contributed by atoms with van der Waals surface area (Å²) in [4.78, 5) is 73.1. The molecular weight excluding hydrogens is 1340 g/mol. The van der Waals surface area contributed by atoms with Gasteiger partial charge >= 0.3 is 39.5 Å². The van der Waals surface area contributed by atoms with Crippen LogP contribution in [-0.2, 0) is 65.4 Å². The molecule has 103 heavy (non-hydrogen) atoms. The summed E-state index contributed by atoms with van der Waals surface area (Å²) >= 11 is 0. The van der Waals surface area contributed by atoms with Crippen LogP contribution in [0.25, 0.3) is 0 Å². The number of esters is 4. The van der Waals surface area contributed by atoms with Crippen LogP contribution < -0.4 is 0 Å². The maximum Gasteiger partial charge on any atom is 0.472 e. The van der Waals surface area contributed by atoms with Crippen molar-refractivity contribution < 1.29 is 80.2 Å². The number of carbonyl (C=O) groups excluding carboxylic acids is 4. The number of rotatable bonds is 82. The van der Waals surface area contributed by atoms with Gasteiger partial charge in [-0.15, -0.1) is 0 Å². The van der Waals surface area contributed by atoms with Crippen molar-refractivity contribution in [1.82, 2.24) is 0 Å². The third kappa shape index (κ3) is 76.6. The Balaban J connectivity index is 5.23. The third-order valence-corrected chi connectivity index (χ3v) is 21.9. The topological polar surface area (TPSA) is 237 Å². The van der Waals surface area contributed by atoms with E-state index in [9.17, 15) is 43.2 Å². The number of aliphatic hydroxyl groups is 1. The lowest BCUT2D eigenvalue weighted by atomic mass is 9.99. The average molecular weight is 1510 g/mol. The molecule has 6 atom stereocenters. The minimum Gasteiger partial charge on any atom is -0.462 e. The lowest BCUT2D eigenvalue weighted by molar-refractivity contribution is -0.161. The number of aliphatic hydroxyl groups excluding tert-OH is 1. The van der Waals surface area contributed by atoms with Crippen LogP contribution in [-0.4, -0.2) is 96.7 Å². The van der Waals surface area contributed by atoms with Crippen molar-refractivity contribution in [3.05, 3.63) is 0 Å². The zero-order chi connectivity index (χ0) is 75.8. The first kappa shape index (κ1) is 101. The Hall–Kier alpha value is -1.94. The molecule has 0 heterocycles. The largest absolute Gasteiger partial charge is 0.472 e. The van der Waals surface area contributed by atoms with Crippen molar-refractivity contribution in [2.75, 3.05) is 39.6 Å². The Labute approximate surface area is 632 Å². The number of hydrogen-bond acceptors (Lipinski definition) is 15. The lowest BCUT2D eigenvalue weighted by Gasteiger charge is -2.21. The molecule has 0 aliphatic carbocycles. The van der Waals surface area contributed by atoms with Gasteiger partial charge in [-0.3, -0.25) is 37.3 Å². The molecule has 19 heteroatoms. The predicted octanol–water partition coefficient (Wildman–Crippen LogP) is 25.3. The van der Waals surface area contributed by atoms with Gasteiger partial charge in [-0.25, -0.2) is 9.13 Å². The summed E-state index contributed by atoms with van der Waals surface area (Å²) in [6.45, 7) is 12.0. The summed E-state index contributed by atoms with van der Waals surface area (Å²) in [6, 6.07) is 0. The summed E-state index contributed by atoms with van der Waals surface area (Å²) in [5.74, 6) is 0.212. The van der Waals surface area contributed by atoms with E-state index in [2.05, 4.69) is 48.5 Å². The van der Waals surface area contributed by atoms with Gasteiger partial charge in [-0.1, -0.05) is 389 Å². The fourth-order valence-electron chi connectivity index (χ4n) is 13.0. The highest BCUT2D eigenvalue weighted by molar-refractivity contribution is 7.47. The Bertz CT molecular complexity index is 1990. The van der Waals surface area contributed by atoms with Crippen molar-refractivity contribution in [2.45, 2.75) is 458 Å². The van der Waals surface area contributed by atoms with Gasteiger partial charge in [0.05, 0.1) is 26.4 Å². The van der Waals surface area contributed by atoms with E-state index < -0.39 is 97.5 Å². The Morgan fingerprint density at radius 3 is 0.738 bits per heavy atom. The monoisotopic (exact) mass is 1510 g/mol. The average Bonchev–Trinajstić information content (AvgIpc) is 0.919. The molecule has 0 radical (unpaired) electrons. The summed E-state index contributed by atoms with van der Waals surface area (Å²) in [5.41, 5.74) is 0. The number of hydrogen-bond donors (Lipinski definition) is 3. The molecule has 0 saturated heterocycles. The van der Waals surface area contributed by atoms with Gasteiger partial charge in [0.15, 0.2) is 12.2 Å². The maximum atomic E-state index is 13.1. The second-order valence-electron chi connectivity index (χ2n) is 31.4. The highest BCUT2D eigenvalue weighted by Gasteiger charge is 2.30. The van der Waals surface area contributed by atoms with E-state index in [0.717, 1.165) is 108 Å². The number of ether oxygens (including phenoxy) is 4. The van der Waals surface area contributed by atoms with Gasteiger partial charge in [-0.2, -0.15) is 0 Å². The number of phosphoric ester groups is 2. The van der Waals surface area contributed by atoms with Gasteiger partial charge in [0.1, 0.15) is 19.3 Å². The van der Waals surface area contributed by atoms with Crippen LogP contribution in [0.3, 0.4) is 0 Å². The van der Waals surface area contributed by atoms with Gasteiger partial charge in [-0.05, 0) is 43.4 Å². The molecule has 0 aliphatic heterocycles. The van der Waals surface area contributed by atoms with E-state index >= 15 is 0 Å². The first-order chi connectivity index (χ1) is 49.8. The van der Waals surface area contributed by atoms with Gasteiger partial charge in [0, 0.05) is 25.7 Å². The van der Waals surface area contributed by atoms with Crippen LogP contribution in [0.2, 0.25) is 0 Å². The molecule has 0 saturated carbocycles. The SMILES string of the molecule is CCCCCCCCCCCCCCCCCCCCCCC(=O)O[C@H](COC(=O)CCCCCCCCCCCCCCCCCCC(C)C)COP(=O)(O)OC[C@@H](O)COP(=O)(O)OC[C@@H](COC(=O)CCCCCCCCCC(C)C)OC(=O)CCCCCCCCCCCCC(C)CC. The summed E-state index contributed by atoms with van der Waals surface area (Å²) in [7, 11) is -9.93. The van der Waals surface area contributed by atoms with Crippen molar-refractivity contribution in [1.29, 1.82) is 0 Å². The third-order valence-electron chi connectivity index (χ3n) is 20.0. The fourth-order valence-corrected chi connectivity index (χ4v) is 14.6.